The van der Waals surface area contributed by atoms with Crippen LogP contribution in [0.2, 0.25) is 5.02 Å². The van der Waals surface area contributed by atoms with Crippen LogP contribution < -0.4 is 5.32 Å². The van der Waals surface area contributed by atoms with Crippen molar-refractivity contribution in [3.63, 3.8) is 0 Å². The summed E-state index contributed by atoms with van der Waals surface area (Å²) in [5.41, 5.74) is 2.14. The molecule has 0 amide bonds. The Morgan fingerprint density at radius 1 is 1.10 bits per heavy atom. The van der Waals surface area contributed by atoms with Gasteiger partial charge in [0, 0.05) is 5.02 Å². The van der Waals surface area contributed by atoms with Gasteiger partial charge in [0.15, 0.2) is 0 Å². The number of halogens is 1. The highest BCUT2D eigenvalue weighted by Gasteiger charge is 2.15. The Kier molecular flexibility index (Phi) is 5.78. The molecule has 0 spiro atoms. The second kappa shape index (κ2) is 7.81. The molecule has 0 fully saturated rings. The van der Waals surface area contributed by atoms with Gasteiger partial charge in [0.1, 0.15) is 0 Å². The van der Waals surface area contributed by atoms with Crippen LogP contribution in [0.5, 0.6) is 0 Å². The van der Waals surface area contributed by atoms with Gasteiger partial charge in [0.25, 0.3) is 0 Å². The molecule has 21 heavy (non-hydrogen) atoms. The maximum absolute atomic E-state index is 11.6. The minimum atomic E-state index is -0.257. The lowest BCUT2D eigenvalue weighted by atomic mass is 9.99. The number of benzene rings is 2. The Bertz CT molecular complexity index is 569. The van der Waals surface area contributed by atoms with Gasteiger partial charge in [-0.15, -0.1) is 0 Å². The molecule has 0 aliphatic rings. The standard InChI is InChI=1S/C17H18ClNO2/c1-2-21-16(20)12-19-17(13-6-4-3-5-7-13)14-8-10-15(18)11-9-14/h3-11,17,19H,2,12H2,1H3. The van der Waals surface area contributed by atoms with Gasteiger partial charge in [-0.25, -0.2) is 0 Å². The van der Waals surface area contributed by atoms with Gasteiger partial charge >= 0.3 is 5.97 Å². The zero-order valence-electron chi connectivity index (χ0n) is 11.9. The molecule has 0 heterocycles. The number of esters is 1. The van der Waals surface area contributed by atoms with Crippen molar-refractivity contribution in [2.45, 2.75) is 13.0 Å². The molecule has 2 aromatic rings. The molecule has 1 N–H and O–H groups in total. The second-order valence-electron chi connectivity index (χ2n) is 4.58. The molecule has 0 aliphatic carbocycles. The number of ether oxygens (including phenoxy) is 1. The highest BCUT2D eigenvalue weighted by atomic mass is 35.5. The lowest BCUT2D eigenvalue weighted by molar-refractivity contribution is -0.142. The molecule has 0 aromatic heterocycles. The SMILES string of the molecule is CCOC(=O)CNC(c1ccccc1)c1ccc(Cl)cc1. The van der Waals surface area contributed by atoms with E-state index in [9.17, 15) is 4.79 Å². The van der Waals surface area contributed by atoms with Crippen molar-refractivity contribution in [1.29, 1.82) is 0 Å². The van der Waals surface area contributed by atoms with Crippen molar-refractivity contribution < 1.29 is 9.53 Å². The first-order valence-corrected chi connectivity index (χ1v) is 7.28. The van der Waals surface area contributed by atoms with Crippen LogP contribution in [0.25, 0.3) is 0 Å². The van der Waals surface area contributed by atoms with Crippen LogP contribution in [-0.4, -0.2) is 19.1 Å². The van der Waals surface area contributed by atoms with Crippen molar-refractivity contribution in [1.82, 2.24) is 5.32 Å². The van der Waals surface area contributed by atoms with E-state index >= 15 is 0 Å². The lowest BCUT2D eigenvalue weighted by Gasteiger charge is -2.19. The molecule has 0 saturated carbocycles. The third-order valence-corrected chi connectivity index (χ3v) is 3.34. The molecule has 2 aromatic carbocycles. The van der Waals surface area contributed by atoms with Gasteiger partial charge in [-0.1, -0.05) is 54.1 Å². The van der Waals surface area contributed by atoms with Crippen molar-refractivity contribution in [3.05, 3.63) is 70.7 Å². The van der Waals surface area contributed by atoms with Crippen LogP contribution in [0.3, 0.4) is 0 Å². The molecular weight excluding hydrogens is 286 g/mol. The molecule has 0 saturated heterocycles. The van der Waals surface area contributed by atoms with Crippen LogP contribution in [0, 0.1) is 0 Å². The van der Waals surface area contributed by atoms with Crippen molar-refractivity contribution >= 4 is 17.6 Å². The normalized spacial score (nSPS) is 11.9. The summed E-state index contributed by atoms with van der Waals surface area (Å²) in [5.74, 6) is -0.257. The quantitative estimate of drug-likeness (QED) is 0.829. The van der Waals surface area contributed by atoms with E-state index in [0.717, 1.165) is 11.1 Å². The predicted octanol–water partition coefficient (Wildman–Crippen LogP) is 3.58. The fourth-order valence-corrected chi connectivity index (χ4v) is 2.25. The second-order valence-corrected chi connectivity index (χ2v) is 5.02. The van der Waals surface area contributed by atoms with Gasteiger partial charge in [-0.2, -0.15) is 0 Å². The monoisotopic (exact) mass is 303 g/mol. The van der Waals surface area contributed by atoms with Crippen LogP contribution >= 0.6 is 11.6 Å². The molecule has 0 bridgehead atoms. The maximum atomic E-state index is 11.6. The van der Waals surface area contributed by atoms with Crippen LogP contribution in [0.15, 0.2) is 54.6 Å². The molecule has 0 radical (unpaired) electrons. The zero-order chi connectivity index (χ0) is 15.1. The maximum Gasteiger partial charge on any atom is 0.319 e. The van der Waals surface area contributed by atoms with Gasteiger partial charge in [0.2, 0.25) is 0 Å². The zero-order valence-corrected chi connectivity index (χ0v) is 12.6. The molecule has 2 rings (SSSR count). The predicted molar refractivity (Wildman–Crippen MR) is 84.4 cm³/mol. The number of carbonyl (C=O) groups excluding carboxylic acids is 1. The van der Waals surface area contributed by atoms with E-state index in [-0.39, 0.29) is 18.6 Å². The summed E-state index contributed by atoms with van der Waals surface area (Å²) in [6.07, 6.45) is 0. The fourth-order valence-electron chi connectivity index (χ4n) is 2.13. The van der Waals surface area contributed by atoms with Gasteiger partial charge in [-0.3, -0.25) is 10.1 Å². The first kappa shape index (κ1) is 15.5. The third kappa shape index (κ3) is 4.59. The molecular formula is C17H18ClNO2. The van der Waals surface area contributed by atoms with E-state index in [1.165, 1.54) is 0 Å². The average Bonchev–Trinajstić information content (AvgIpc) is 2.50. The Labute approximate surface area is 129 Å². The molecule has 0 aliphatic heterocycles. The Morgan fingerprint density at radius 3 is 2.33 bits per heavy atom. The number of rotatable bonds is 6. The minimum Gasteiger partial charge on any atom is -0.465 e. The number of carbonyl (C=O) groups is 1. The first-order valence-electron chi connectivity index (χ1n) is 6.90. The smallest absolute Gasteiger partial charge is 0.319 e. The van der Waals surface area contributed by atoms with E-state index < -0.39 is 0 Å². The number of hydrogen-bond acceptors (Lipinski definition) is 3. The van der Waals surface area contributed by atoms with Crippen molar-refractivity contribution in [2.24, 2.45) is 0 Å². The largest absolute Gasteiger partial charge is 0.465 e. The van der Waals surface area contributed by atoms with Crippen LogP contribution in [-0.2, 0) is 9.53 Å². The average molecular weight is 304 g/mol. The van der Waals surface area contributed by atoms with Crippen LogP contribution in [0.1, 0.15) is 24.1 Å². The van der Waals surface area contributed by atoms with Gasteiger partial charge < -0.3 is 4.74 Å². The summed E-state index contributed by atoms with van der Waals surface area (Å²) in [6.45, 7) is 2.35. The van der Waals surface area contributed by atoms with Crippen LogP contribution in [0.4, 0.5) is 0 Å². The van der Waals surface area contributed by atoms with E-state index in [4.69, 9.17) is 16.3 Å². The number of nitrogens with one attached hydrogen (secondary N) is 1. The molecule has 1 unspecified atom stereocenters. The Morgan fingerprint density at radius 2 is 1.71 bits per heavy atom. The molecule has 1 atom stereocenters. The summed E-state index contributed by atoms with van der Waals surface area (Å²) in [4.78, 5) is 11.6. The first-order chi connectivity index (χ1) is 10.2. The Hall–Kier alpha value is -1.84. The highest BCUT2D eigenvalue weighted by Crippen LogP contribution is 2.23. The van der Waals surface area contributed by atoms with E-state index in [0.29, 0.717) is 11.6 Å². The van der Waals surface area contributed by atoms with E-state index in [1.807, 2.05) is 54.6 Å². The van der Waals surface area contributed by atoms with Crippen molar-refractivity contribution in [3.8, 4) is 0 Å². The minimum absolute atomic E-state index is 0.0760. The summed E-state index contributed by atoms with van der Waals surface area (Å²) in [7, 11) is 0. The van der Waals surface area contributed by atoms with E-state index in [2.05, 4.69) is 5.32 Å². The third-order valence-electron chi connectivity index (χ3n) is 3.09. The molecule has 4 heteroatoms. The Balaban J connectivity index is 2.18. The van der Waals surface area contributed by atoms with Gasteiger partial charge in [0.05, 0.1) is 19.2 Å². The van der Waals surface area contributed by atoms with Gasteiger partial charge in [-0.05, 0) is 30.2 Å². The summed E-state index contributed by atoms with van der Waals surface area (Å²) in [5, 5.41) is 3.93. The fraction of sp³-hybridized carbons (Fsp3) is 0.235. The van der Waals surface area contributed by atoms with E-state index in [1.54, 1.807) is 6.92 Å². The molecule has 3 nitrogen and oxygen atoms in total. The number of hydrogen-bond donors (Lipinski definition) is 1. The summed E-state index contributed by atoms with van der Waals surface area (Å²) in [6, 6.07) is 17.5. The van der Waals surface area contributed by atoms with Crippen molar-refractivity contribution in [2.75, 3.05) is 13.2 Å². The summed E-state index contributed by atoms with van der Waals surface area (Å²) < 4.78 is 4.96. The molecule has 110 valence electrons. The lowest BCUT2D eigenvalue weighted by Crippen LogP contribution is -2.29. The topological polar surface area (TPSA) is 38.3 Å². The summed E-state index contributed by atoms with van der Waals surface area (Å²) >= 11 is 5.94. The highest BCUT2D eigenvalue weighted by molar-refractivity contribution is 6.30.